The topological polar surface area (TPSA) is 32.7 Å². The van der Waals surface area contributed by atoms with Gasteiger partial charge in [0.15, 0.2) is 0 Å². The van der Waals surface area contributed by atoms with E-state index in [4.69, 9.17) is 4.74 Å². The van der Waals surface area contributed by atoms with Gasteiger partial charge >= 0.3 is 0 Å². The van der Waals surface area contributed by atoms with Crippen LogP contribution in [0.1, 0.15) is 26.7 Å². The summed E-state index contributed by atoms with van der Waals surface area (Å²) >= 11 is 2.07. The van der Waals surface area contributed by atoms with E-state index in [0.717, 1.165) is 39.3 Å². The molecular weight excluding hydrogens is 234 g/mol. The number of hydrogen-bond acceptors (Lipinski definition) is 4. The minimum atomic E-state index is 0.0130. The fourth-order valence-corrected chi connectivity index (χ4v) is 3.78. The van der Waals surface area contributed by atoms with Crippen molar-refractivity contribution in [3.63, 3.8) is 0 Å². The van der Waals surface area contributed by atoms with E-state index in [2.05, 4.69) is 30.5 Å². The molecule has 0 spiro atoms. The molecule has 0 aromatic rings. The van der Waals surface area contributed by atoms with E-state index in [-0.39, 0.29) is 12.0 Å². The minimum Gasteiger partial charge on any atom is -0.396 e. The van der Waals surface area contributed by atoms with Gasteiger partial charge in [0.1, 0.15) is 0 Å². The van der Waals surface area contributed by atoms with E-state index >= 15 is 0 Å². The minimum absolute atomic E-state index is 0.0130. The van der Waals surface area contributed by atoms with Crippen molar-refractivity contribution in [2.45, 2.75) is 31.4 Å². The van der Waals surface area contributed by atoms with Crippen LogP contribution in [0.2, 0.25) is 0 Å². The average Bonchev–Trinajstić information content (AvgIpc) is 2.68. The molecule has 0 amide bonds. The van der Waals surface area contributed by atoms with Gasteiger partial charge in [0.05, 0.1) is 13.2 Å². The second-order valence-corrected chi connectivity index (χ2v) is 7.90. The maximum Gasteiger partial charge on any atom is 0.0557 e. The van der Waals surface area contributed by atoms with Crippen LogP contribution in [0.4, 0.5) is 0 Å². The van der Waals surface area contributed by atoms with Gasteiger partial charge in [-0.2, -0.15) is 11.8 Å². The lowest BCUT2D eigenvalue weighted by Crippen LogP contribution is -2.42. The van der Waals surface area contributed by atoms with Crippen molar-refractivity contribution in [3.05, 3.63) is 0 Å². The van der Waals surface area contributed by atoms with Crippen LogP contribution in [0.5, 0.6) is 0 Å². The number of aliphatic hydroxyl groups excluding tert-OH is 1. The number of thioether (sulfide) groups is 1. The first-order valence-corrected chi connectivity index (χ1v) is 7.59. The van der Waals surface area contributed by atoms with Gasteiger partial charge < -0.3 is 14.7 Å². The van der Waals surface area contributed by atoms with Gasteiger partial charge in [-0.25, -0.2) is 0 Å². The van der Waals surface area contributed by atoms with E-state index in [1.54, 1.807) is 0 Å². The number of rotatable bonds is 3. The molecule has 2 saturated heterocycles. The third-order valence-electron chi connectivity index (χ3n) is 4.01. The van der Waals surface area contributed by atoms with Crippen LogP contribution in [-0.4, -0.2) is 60.0 Å². The summed E-state index contributed by atoms with van der Waals surface area (Å²) in [4.78, 5) is 2.52. The van der Waals surface area contributed by atoms with Crippen LogP contribution in [0.15, 0.2) is 0 Å². The van der Waals surface area contributed by atoms with E-state index < -0.39 is 0 Å². The van der Waals surface area contributed by atoms with Crippen LogP contribution in [-0.2, 0) is 4.74 Å². The Labute approximate surface area is 109 Å². The van der Waals surface area contributed by atoms with Crippen LogP contribution < -0.4 is 0 Å². The van der Waals surface area contributed by atoms with Gasteiger partial charge in [0.25, 0.3) is 0 Å². The third kappa shape index (κ3) is 3.60. The summed E-state index contributed by atoms with van der Waals surface area (Å²) in [5.41, 5.74) is 0.0130. The van der Waals surface area contributed by atoms with Crippen molar-refractivity contribution in [2.24, 2.45) is 5.41 Å². The van der Waals surface area contributed by atoms with Gasteiger partial charge in [-0.05, 0) is 19.4 Å². The lowest BCUT2D eigenvalue weighted by molar-refractivity contribution is 0.0583. The van der Waals surface area contributed by atoms with Crippen LogP contribution in [0.3, 0.4) is 0 Å². The van der Waals surface area contributed by atoms with Gasteiger partial charge in [0, 0.05) is 35.6 Å². The molecule has 0 radical (unpaired) electrons. The summed E-state index contributed by atoms with van der Waals surface area (Å²) in [5, 5.41) is 9.61. The van der Waals surface area contributed by atoms with Gasteiger partial charge in [0.2, 0.25) is 0 Å². The molecule has 0 bridgehead atoms. The molecule has 17 heavy (non-hydrogen) atoms. The molecule has 1 unspecified atom stereocenters. The first kappa shape index (κ1) is 13.7. The molecule has 3 nitrogen and oxygen atoms in total. The zero-order valence-corrected chi connectivity index (χ0v) is 11.9. The number of ether oxygens (including phenoxy) is 1. The summed E-state index contributed by atoms with van der Waals surface area (Å²) in [6.45, 7) is 9.78. The molecule has 2 heterocycles. The van der Waals surface area contributed by atoms with Crippen molar-refractivity contribution in [1.29, 1.82) is 0 Å². The highest BCUT2D eigenvalue weighted by Gasteiger charge is 2.37. The second-order valence-electron chi connectivity index (χ2n) is 6.10. The smallest absolute Gasteiger partial charge is 0.0557 e. The Bertz CT molecular complexity index is 252. The lowest BCUT2D eigenvalue weighted by atomic mass is 9.87. The molecule has 1 N–H and O–H groups in total. The molecule has 2 aliphatic heterocycles. The highest BCUT2D eigenvalue weighted by Crippen LogP contribution is 2.33. The fraction of sp³-hybridized carbons (Fsp3) is 1.00. The molecule has 100 valence electrons. The zero-order chi connectivity index (χ0) is 12.4. The highest BCUT2D eigenvalue weighted by molar-refractivity contribution is 8.00. The van der Waals surface area contributed by atoms with E-state index in [1.165, 1.54) is 12.2 Å². The molecule has 2 aliphatic rings. The zero-order valence-electron chi connectivity index (χ0n) is 11.1. The highest BCUT2D eigenvalue weighted by atomic mass is 32.2. The van der Waals surface area contributed by atoms with Gasteiger partial charge in [-0.15, -0.1) is 0 Å². The molecule has 2 rings (SSSR count). The second kappa shape index (κ2) is 5.47. The van der Waals surface area contributed by atoms with E-state index in [9.17, 15) is 5.11 Å². The Morgan fingerprint density at radius 3 is 2.76 bits per heavy atom. The summed E-state index contributed by atoms with van der Waals surface area (Å²) in [5.74, 6) is 1.20. The summed E-state index contributed by atoms with van der Waals surface area (Å²) in [6.07, 6.45) is 2.25. The molecule has 0 saturated carbocycles. The SMILES string of the molecule is CC1(C)CCN(CC2(CO)CCOC2)CCS1. The maximum atomic E-state index is 9.61. The first-order valence-electron chi connectivity index (χ1n) is 6.60. The standard InChI is InChI=1S/C13H25NO2S/c1-12(2)3-5-14(6-8-17-12)9-13(10-15)4-7-16-11-13/h15H,3-11H2,1-2H3. The lowest BCUT2D eigenvalue weighted by Gasteiger charge is -2.32. The number of aliphatic hydroxyl groups is 1. The molecule has 0 aromatic carbocycles. The van der Waals surface area contributed by atoms with Gasteiger partial charge in [-0.1, -0.05) is 13.8 Å². The Balaban J connectivity index is 1.90. The summed E-state index contributed by atoms with van der Waals surface area (Å²) in [7, 11) is 0. The Hall–Kier alpha value is 0.230. The van der Waals surface area contributed by atoms with Crippen molar-refractivity contribution >= 4 is 11.8 Å². The molecule has 4 heteroatoms. The van der Waals surface area contributed by atoms with Crippen molar-refractivity contribution in [1.82, 2.24) is 4.90 Å². The van der Waals surface area contributed by atoms with Crippen molar-refractivity contribution < 1.29 is 9.84 Å². The Morgan fingerprint density at radius 2 is 2.12 bits per heavy atom. The number of hydrogen-bond donors (Lipinski definition) is 1. The van der Waals surface area contributed by atoms with E-state index in [1.807, 2.05) is 0 Å². The van der Waals surface area contributed by atoms with Crippen molar-refractivity contribution in [3.8, 4) is 0 Å². The molecule has 0 aliphatic carbocycles. The first-order chi connectivity index (χ1) is 8.05. The summed E-state index contributed by atoms with van der Waals surface area (Å²) < 4.78 is 5.88. The third-order valence-corrected chi connectivity index (χ3v) is 5.38. The molecule has 0 aromatic heterocycles. The Kier molecular flexibility index (Phi) is 4.40. The van der Waals surface area contributed by atoms with Gasteiger partial charge in [-0.3, -0.25) is 0 Å². The van der Waals surface area contributed by atoms with E-state index in [0.29, 0.717) is 4.75 Å². The quantitative estimate of drug-likeness (QED) is 0.834. The van der Waals surface area contributed by atoms with Crippen LogP contribution >= 0.6 is 11.8 Å². The monoisotopic (exact) mass is 259 g/mol. The Morgan fingerprint density at radius 1 is 1.29 bits per heavy atom. The van der Waals surface area contributed by atoms with Crippen LogP contribution in [0.25, 0.3) is 0 Å². The largest absolute Gasteiger partial charge is 0.396 e. The predicted molar refractivity (Wildman–Crippen MR) is 72.5 cm³/mol. The maximum absolute atomic E-state index is 9.61. The molecule has 2 fully saturated rings. The molecular formula is C13H25NO2S. The van der Waals surface area contributed by atoms with Crippen LogP contribution in [0, 0.1) is 5.41 Å². The normalized spacial score (nSPS) is 34.8. The predicted octanol–water partition coefficient (Wildman–Crippen LogP) is 1.60. The average molecular weight is 259 g/mol. The number of nitrogens with zero attached hydrogens (tertiary/aromatic N) is 1. The van der Waals surface area contributed by atoms with Crippen molar-refractivity contribution in [2.75, 3.05) is 45.2 Å². The molecule has 1 atom stereocenters. The fourth-order valence-electron chi connectivity index (χ4n) is 2.64. The summed E-state index contributed by atoms with van der Waals surface area (Å²) in [6, 6.07) is 0.